The van der Waals surface area contributed by atoms with Crippen LogP contribution < -0.4 is 5.32 Å². The molecule has 0 amide bonds. The summed E-state index contributed by atoms with van der Waals surface area (Å²) in [5, 5.41) is 12.2. The third-order valence-corrected chi connectivity index (χ3v) is 3.99. The van der Waals surface area contributed by atoms with Crippen LogP contribution in [0.3, 0.4) is 0 Å². The molecule has 18 heavy (non-hydrogen) atoms. The summed E-state index contributed by atoms with van der Waals surface area (Å²) in [6, 6.07) is 6.07. The van der Waals surface area contributed by atoms with Gasteiger partial charge in [0.1, 0.15) is 10.9 Å². The van der Waals surface area contributed by atoms with Gasteiger partial charge in [-0.25, -0.2) is 0 Å². The molecule has 1 N–H and O–H groups in total. The second-order valence-corrected chi connectivity index (χ2v) is 5.53. The van der Waals surface area contributed by atoms with Crippen LogP contribution in [-0.2, 0) is 11.3 Å². The van der Waals surface area contributed by atoms with Crippen molar-refractivity contribution in [1.82, 2.24) is 10.2 Å². The van der Waals surface area contributed by atoms with Crippen molar-refractivity contribution in [2.75, 3.05) is 39.4 Å². The van der Waals surface area contributed by atoms with Crippen LogP contribution in [0, 0.1) is 11.3 Å². The van der Waals surface area contributed by atoms with Crippen LogP contribution in [-0.4, -0.2) is 44.3 Å². The zero-order valence-corrected chi connectivity index (χ0v) is 11.3. The number of hydrogen-bond acceptors (Lipinski definition) is 5. The summed E-state index contributed by atoms with van der Waals surface area (Å²) in [4.78, 5) is 4.47. The molecule has 0 radical (unpaired) electrons. The maximum absolute atomic E-state index is 8.73. The highest BCUT2D eigenvalue weighted by Crippen LogP contribution is 2.14. The van der Waals surface area contributed by atoms with Crippen LogP contribution in [0.4, 0.5) is 0 Å². The molecule has 0 bridgehead atoms. The fourth-order valence-electron chi connectivity index (χ4n) is 2.00. The second kappa shape index (κ2) is 7.49. The lowest BCUT2D eigenvalue weighted by atomic mass is 10.3. The van der Waals surface area contributed by atoms with Crippen molar-refractivity contribution in [2.24, 2.45) is 0 Å². The number of ether oxygens (including phenoxy) is 1. The summed E-state index contributed by atoms with van der Waals surface area (Å²) in [7, 11) is 0. The van der Waals surface area contributed by atoms with Crippen molar-refractivity contribution in [2.45, 2.75) is 13.0 Å². The van der Waals surface area contributed by atoms with E-state index in [4.69, 9.17) is 10.00 Å². The maximum atomic E-state index is 8.73. The number of rotatable bonds is 6. The predicted molar refractivity (Wildman–Crippen MR) is 72.6 cm³/mol. The molecule has 0 unspecified atom stereocenters. The fraction of sp³-hybridized carbons (Fsp3) is 0.615. The van der Waals surface area contributed by atoms with Gasteiger partial charge < -0.3 is 10.1 Å². The Hall–Kier alpha value is -0.930. The summed E-state index contributed by atoms with van der Waals surface area (Å²) in [6.07, 6.45) is 1.16. The van der Waals surface area contributed by atoms with Crippen LogP contribution in [0.5, 0.6) is 0 Å². The maximum Gasteiger partial charge on any atom is 0.110 e. The van der Waals surface area contributed by atoms with Crippen molar-refractivity contribution in [3.05, 3.63) is 21.9 Å². The van der Waals surface area contributed by atoms with Gasteiger partial charge in [-0.1, -0.05) is 0 Å². The summed E-state index contributed by atoms with van der Waals surface area (Å²) in [6.45, 7) is 6.92. The van der Waals surface area contributed by atoms with E-state index in [1.54, 1.807) is 11.3 Å². The lowest BCUT2D eigenvalue weighted by molar-refractivity contribution is 0.0374. The predicted octanol–water partition coefficient (Wildman–Crippen LogP) is 1.43. The SMILES string of the molecule is N#Cc1ccc(CNCCCN2CCOCC2)s1. The summed E-state index contributed by atoms with van der Waals surface area (Å²) in [5.41, 5.74) is 0. The smallest absolute Gasteiger partial charge is 0.110 e. The van der Waals surface area contributed by atoms with E-state index in [-0.39, 0.29) is 0 Å². The van der Waals surface area contributed by atoms with E-state index in [2.05, 4.69) is 16.3 Å². The van der Waals surface area contributed by atoms with Crippen molar-refractivity contribution >= 4 is 11.3 Å². The highest BCUT2D eigenvalue weighted by atomic mass is 32.1. The number of morpholine rings is 1. The Morgan fingerprint density at radius 2 is 2.22 bits per heavy atom. The minimum Gasteiger partial charge on any atom is -0.379 e. The highest BCUT2D eigenvalue weighted by molar-refractivity contribution is 7.12. The average molecular weight is 265 g/mol. The molecule has 98 valence electrons. The monoisotopic (exact) mass is 265 g/mol. The van der Waals surface area contributed by atoms with Crippen LogP contribution in [0.2, 0.25) is 0 Å². The van der Waals surface area contributed by atoms with E-state index in [1.807, 2.05) is 12.1 Å². The molecular weight excluding hydrogens is 246 g/mol. The normalized spacial score (nSPS) is 16.6. The third kappa shape index (κ3) is 4.39. The Bertz CT molecular complexity index is 393. The Morgan fingerprint density at radius 3 is 2.94 bits per heavy atom. The summed E-state index contributed by atoms with van der Waals surface area (Å²) >= 11 is 1.57. The minimum atomic E-state index is 0.792. The van der Waals surface area contributed by atoms with Gasteiger partial charge in [0.05, 0.1) is 13.2 Å². The Morgan fingerprint density at radius 1 is 1.39 bits per heavy atom. The van der Waals surface area contributed by atoms with Crippen molar-refractivity contribution in [3.8, 4) is 6.07 Å². The Balaban J connectivity index is 1.54. The highest BCUT2D eigenvalue weighted by Gasteiger charge is 2.08. The molecule has 0 saturated carbocycles. The molecule has 1 aliphatic rings. The average Bonchev–Trinajstić information content (AvgIpc) is 2.87. The molecular formula is C13H19N3OS. The van der Waals surface area contributed by atoms with Gasteiger partial charge in [-0.3, -0.25) is 4.90 Å². The van der Waals surface area contributed by atoms with Gasteiger partial charge in [-0.2, -0.15) is 5.26 Å². The Labute approximate surface area is 112 Å². The number of nitrogens with one attached hydrogen (secondary N) is 1. The number of nitriles is 1. The number of nitrogens with zero attached hydrogens (tertiary/aromatic N) is 2. The zero-order chi connectivity index (χ0) is 12.6. The molecule has 2 heterocycles. The lowest BCUT2D eigenvalue weighted by Gasteiger charge is -2.26. The molecule has 0 atom stereocenters. The largest absolute Gasteiger partial charge is 0.379 e. The van der Waals surface area contributed by atoms with E-state index >= 15 is 0 Å². The van der Waals surface area contributed by atoms with Crippen molar-refractivity contribution < 1.29 is 4.74 Å². The van der Waals surface area contributed by atoms with E-state index in [9.17, 15) is 0 Å². The summed E-state index contributed by atoms with van der Waals surface area (Å²) in [5.74, 6) is 0. The van der Waals surface area contributed by atoms with Gasteiger partial charge >= 0.3 is 0 Å². The van der Waals surface area contributed by atoms with E-state index < -0.39 is 0 Å². The standard InChI is InChI=1S/C13H19N3OS/c14-10-12-2-3-13(18-12)11-15-4-1-5-16-6-8-17-9-7-16/h2-3,15H,1,4-9,11H2. The molecule has 1 aromatic heterocycles. The van der Waals surface area contributed by atoms with Gasteiger partial charge in [0.2, 0.25) is 0 Å². The molecule has 0 aromatic carbocycles. The molecule has 1 aliphatic heterocycles. The van der Waals surface area contributed by atoms with Gasteiger partial charge in [-0.15, -0.1) is 11.3 Å². The lowest BCUT2D eigenvalue weighted by Crippen LogP contribution is -2.37. The van der Waals surface area contributed by atoms with Gasteiger partial charge in [-0.05, 0) is 31.6 Å². The third-order valence-electron chi connectivity index (χ3n) is 3.00. The molecule has 4 nitrogen and oxygen atoms in total. The van der Waals surface area contributed by atoms with Crippen LogP contribution in [0.15, 0.2) is 12.1 Å². The Kier molecular flexibility index (Phi) is 5.62. The van der Waals surface area contributed by atoms with E-state index in [0.29, 0.717) is 0 Å². The van der Waals surface area contributed by atoms with Gasteiger partial charge in [0, 0.05) is 24.5 Å². The number of hydrogen-bond donors (Lipinski definition) is 1. The molecule has 1 aromatic rings. The number of thiophene rings is 1. The van der Waals surface area contributed by atoms with Crippen molar-refractivity contribution in [3.63, 3.8) is 0 Å². The molecule has 0 aliphatic carbocycles. The van der Waals surface area contributed by atoms with Crippen LogP contribution in [0.1, 0.15) is 16.2 Å². The van der Waals surface area contributed by atoms with Crippen LogP contribution >= 0.6 is 11.3 Å². The molecule has 0 spiro atoms. The quantitative estimate of drug-likeness (QED) is 0.791. The van der Waals surface area contributed by atoms with E-state index in [0.717, 1.165) is 57.2 Å². The zero-order valence-electron chi connectivity index (χ0n) is 10.5. The van der Waals surface area contributed by atoms with Gasteiger partial charge in [0.15, 0.2) is 0 Å². The topological polar surface area (TPSA) is 48.3 Å². The van der Waals surface area contributed by atoms with Crippen LogP contribution in [0.25, 0.3) is 0 Å². The minimum absolute atomic E-state index is 0.792. The summed E-state index contributed by atoms with van der Waals surface area (Å²) < 4.78 is 5.32. The molecule has 1 saturated heterocycles. The van der Waals surface area contributed by atoms with Gasteiger partial charge in [0.25, 0.3) is 0 Å². The molecule has 5 heteroatoms. The molecule has 2 rings (SSSR count). The first-order chi connectivity index (χ1) is 8.88. The first kappa shape index (κ1) is 13.5. The van der Waals surface area contributed by atoms with Crippen molar-refractivity contribution in [1.29, 1.82) is 5.26 Å². The second-order valence-electron chi connectivity index (χ2n) is 4.36. The molecule has 1 fully saturated rings. The first-order valence-corrected chi connectivity index (χ1v) is 7.20. The van der Waals surface area contributed by atoms with E-state index in [1.165, 1.54) is 4.88 Å². The fourth-order valence-corrected chi connectivity index (χ4v) is 2.77. The first-order valence-electron chi connectivity index (χ1n) is 6.38.